The van der Waals surface area contributed by atoms with Crippen molar-refractivity contribution in [3.63, 3.8) is 0 Å². The third-order valence-electron chi connectivity index (χ3n) is 5.64. The minimum absolute atomic E-state index is 0.0597. The molecular formula is C26H21N5O3. The van der Waals surface area contributed by atoms with Gasteiger partial charge in [-0.05, 0) is 23.8 Å². The van der Waals surface area contributed by atoms with Crippen LogP contribution in [0, 0.1) is 10.1 Å². The molecular weight excluding hydrogens is 430 g/mol. The third-order valence-corrected chi connectivity index (χ3v) is 5.64. The van der Waals surface area contributed by atoms with Crippen molar-refractivity contribution >= 4 is 28.0 Å². The van der Waals surface area contributed by atoms with E-state index in [1.54, 1.807) is 6.07 Å². The van der Waals surface area contributed by atoms with Gasteiger partial charge in [-0.1, -0.05) is 49.4 Å². The van der Waals surface area contributed by atoms with E-state index in [9.17, 15) is 15.2 Å². The largest absolute Gasteiger partial charge is 0.494 e. The first kappa shape index (κ1) is 21.1. The van der Waals surface area contributed by atoms with Gasteiger partial charge in [0.1, 0.15) is 5.82 Å². The quantitative estimate of drug-likeness (QED) is 0.169. The van der Waals surface area contributed by atoms with Crippen LogP contribution in [-0.2, 0) is 6.42 Å². The zero-order valence-electron chi connectivity index (χ0n) is 18.3. The van der Waals surface area contributed by atoms with Crippen molar-refractivity contribution in [1.82, 2.24) is 15.0 Å². The summed E-state index contributed by atoms with van der Waals surface area (Å²) in [5.41, 5.74) is 4.81. The molecule has 0 saturated heterocycles. The molecule has 2 heterocycles. The zero-order chi connectivity index (χ0) is 23.7. The highest BCUT2D eigenvalue weighted by Gasteiger charge is 2.20. The smallest absolute Gasteiger partial charge is 0.270 e. The van der Waals surface area contributed by atoms with Crippen LogP contribution in [-0.4, -0.2) is 30.7 Å². The lowest BCUT2D eigenvalue weighted by molar-refractivity contribution is -0.384. The summed E-state index contributed by atoms with van der Waals surface area (Å²) in [4.78, 5) is 26.3. The highest BCUT2D eigenvalue weighted by molar-refractivity contribution is 6.22. The Morgan fingerprint density at radius 1 is 1.06 bits per heavy atom. The number of non-ortho nitro benzene ring substituents is 1. The molecule has 8 heteroatoms. The first-order valence-corrected chi connectivity index (χ1v) is 10.8. The van der Waals surface area contributed by atoms with Gasteiger partial charge < -0.3 is 15.1 Å². The molecule has 8 nitrogen and oxygen atoms in total. The number of aromatic amines is 2. The summed E-state index contributed by atoms with van der Waals surface area (Å²) in [6, 6.07) is 21.6. The topological polar surface area (TPSA) is 120 Å². The normalized spacial score (nSPS) is 11.7. The van der Waals surface area contributed by atoms with Crippen molar-refractivity contribution in [2.75, 3.05) is 0 Å². The van der Waals surface area contributed by atoms with E-state index in [-0.39, 0.29) is 11.6 Å². The fourth-order valence-corrected chi connectivity index (χ4v) is 3.91. The molecule has 3 aromatic carbocycles. The Balaban J connectivity index is 1.64. The van der Waals surface area contributed by atoms with Crippen LogP contribution in [0.4, 0.5) is 11.4 Å². The Hall–Kier alpha value is -4.72. The van der Waals surface area contributed by atoms with Crippen molar-refractivity contribution in [3.8, 4) is 17.1 Å². The van der Waals surface area contributed by atoms with Crippen LogP contribution in [0.3, 0.4) is 0 Å². The zero-order valence-corrected chi connectivity index (χ0v) is 18.3. The van der Waals surface area contributed by atoms with Gasteiger partial charge in [0, 0.05) is 35.0 Å². The number of hydrogen-bond acceptors (Lipinski definition) is 5. The monoisotopic (exact) mass is 451 g/mol. The van der Waals surface area contributed by atoms with Crippen LogP contribution in [0.25, 0.3) is 22.2 Å². The van der Waals surface area contributed by atoms with Gasteiger partial charge in [-0.25, -0.2) is 9.98 Å². The van der Waals surface area contributed by atoms with E-state index in [1.807, 2.05) is 67.7 Å². The maximum Gasteiger partial charge on any atom is 0.270 e. The first-order valence-electron chi connectivity index (χ1n) is 10.8. The van der Waals surface area contributed by atoms with Gasteiger partial charge in [-0.15, -0.1) is 0 Å². The number of aryl methyl sites for hydroxylation is 1. The predicted molar refractivity (Wildman–Crippen MR) is 132 cm³/mol. The number of hydrogen-bond donors (Lipinski definition) is 3. The predicted octanol–water partition coefficient (Wildman–Crippen LogP) is 5.90. The molecule has 0 amide bonds. The summed E-state index contributed by atoms with van der Waals surface area (Å²) >= 11 is 0. The second-order valence-electron chi connectivity index (χ2n) is 7.81. The molecule has 0 aliphatic carbocycles. The van der Waals surface area contributed by atoms with Gasteiger partial charge in [-0.2, -0.15) is 0 Å². The number of nitrogens with zero attached hydrogens (tertiary/aromatic N) is 3. The Labute approximate surface area is 194 Å². The number of benzene rings is 3. The van der Waals surface area contributed by atoms with Crippen LogP contribution in [0.1, 0.15) is 23.9 Å². The molecule has 0 fully saturated rings. The molecule has 0 aliphatic rings. The second kappa shape index (κ2) is 8.67. The lowest BCUT2D eigenvalue weighted by atomic mass is 10.0. The number of nitro groups is 1. The van der Waals surface area contributed by atoms with Crippen molar-refractivity contribution in [2.24, 2.45) is 4.99 Å². The molecule has 0 radical (unpaired) electrons. The molecule has 168 valence electrons. The maximum absolute atomic E-state index is 11.4. The number of H-pyrrole nitrogens is 2. The van der Waals surface area contributed by atoms with Crippen LogP contribution >= 0.6 is 0 Å². The SMILES string of the molecule is CCc1ncc(-c2ccc(N=C(c3ccccc3)c3c(O)[nH]c4ccc([N+](=O)[O-])cc34)cc2)[nH]1. The average Bonchev–Trinajstić information content (AvgIpc) is 3.47. The van der Waals surface area contributed by atoms with Crippen LogP contribution in [0.5, 0.6) is 5.88 Å². The number of aromatic hydroxyl groups is 1. The standard InChI is InChI=1S/C26H21N5O3/c1-2-23-27-15-22(29-23)16-8-10-18(11-9-16)28-25(17-6-4-3-5-7-17)24-20-14-19(31(33)34)12-13-21(20)30-26(24)32/h3-15,30,32H,2H2,1H3,(H,27,29). The van der Waals surface area contributed by atoms with Crippen LogP contribution < -0.4 is 0 Å². The Bertz CT molecular complexity index is 1520. The Morgan fingerprint density at radius 2 is 1.82 bits per heavy atom. The maximum atomic E-state index is 11.4. The number of nitrogens with one attached hydrogen (secondary N) is 2. The van der Waals surface area contributed by atoms with E-state index in [0.29, 0.717) is 27.9 Å². The Morgan fingerprint density at radius 3 is 2.50 bits per heavy atom. The summed E-state index contributed by atoms with van der Waals surface area (Å²) in [7, 11) is 0. The molecule has 5 aromatic rings. The highest BCUT2D eigenvalue weighted by atomic mass is 16.6. The molecule has 0 unspecified atom stereocenters. The minimum atomic E-state index is -0.454. The fourth-order valence-electron chi connectivity index (χ4n) is 3.91. The third kappa shape index (κ3) is 3.93. The van der Waals surface area contributed by atoms with E-state index in [1.165, 1.54) is 12.1 Å². The van der Waals surface area contributed by atoms with E-state index >= 15 is 0 Å². The molecule has 0 spiro atoms. The molecule has 3 N–H and O–H groups in total. The number of aliphatic imine (C=N–C) groups is 1. The molecule has 0 saturated carbocycles. The van der Waals surface area contributed by atoms with Crippen molar-refractivity contribution in [2.45, 2.75) is 13.3 Å². The number of imidazole rings is 1. The summed E-state index contributed by atoms with van der Waals surface area (Å²) in [6.07, 6.45) is 2.64. The molecule has 2 aromatic heterocycles. The van der Waals surface area contributed by atoms with E-state index < -0.39 is 4.92 Å². The van der Waals surface area contributed by atoms with Gasteiger partial charge in [0.15, 0.2) is 5.88 Å². The van der Waals surface area contributed by atoms with Crippen molar-refractivity contribution < 1.29 is 10.0 Å². The Kier molecular flexibility index (Phi) is 5.39. The highest BCUT2D eigenvalue weighted by Crippen LogP contribution is 2.34. The van der Waals surface area contributed by atoms with Gasteiger partial charge in [0.2, 0.25) is 0 Å². The van der Waals surface area contributed by atoms with E-state index in [4.69, 9.17) is 4.99 Å². The molecule has 0 bridgehead atoms. The second-order valence-corrected chi connectivity index (χ2v) is 7.81. The van der Waals surface area contributed by atoms with Gasteiger partial charge >= 0.3 is 0 Å². The van der Waals surface area contributed by atoms with Gasteiger partial charge in [-0.3, -0.25) is 10.1 Å². The summed E-state index contributed by atoms with van der Waals surface area (Å²) in [6.45, 7) is 2.04. The molecule has 0 atom stereocenters. The number of fused-ring (bicyclic) bond motifs is 1. The van der Waals surface area contributed by atoms with E-state index in [2.05, 4.69) is 15.0 Å². The van der Waals surface area contributed by atoms with Crippen molar-refractivity contribution in [1.29, 1.82) is 0 Å². The van der Waals surface area contributed by atoms with E-state index in [0.717, 1.165) is 29.1 Å². The summed E-state index contributed by atoms with van der Waals surface area (Å²) in [5, 5.41) is 22.7. The molecule has 34 heavy (non-hydrogen) atoms. The lowest BCUT2D eigenvalue weighted by Gasteiger charge is -2.08. The number of rotatable bonds is 6. The van der Waals surface area contributed by atoms with Crippen molar-refractivity contribution in [3.05, 3.63) is 106 Å². The minimum Gasteiger partial charge on any atom is -0.494 e. The lowest BCUT2D eigenvalue weighted by Crippen LogP contribution is -2.03. The molecule has 5 rings (SSSR count). The van der Waals surface area contributed by atoms with Gasteiger partial charge in [0.05, 0.1) is 33.8 Å². The van der Waals surface area contributed by atoms with Gasteiger partial charge in [0.25, 0.3) is 5.69 Å². The first-order chi connectivity index (χ1) is 16.5. The fraction of sp³-hybridized carbons (Fsp3) is 0.0769. The summed E-state index contributed by atoms with van der Waals surface area (Å²) in [5.74, 6) is 0.826. The van der Waals surface area contributed by atoms with Crippen LogP contribution in [0.15, 0.2) is 84.0 Å². The van der Waals surface area contributed by atoms with Crippen LogP contribution in [0.2, 0.25) is 0 Å². The number of aromatic nitrogens is 3. The number of nitro benzene ring substituents is 1. The molecule has 0 aliphatic heterocycles. The summed E-state index contributed by atoms with van der Waals surface area (Å²) < 4.78 is 0. The average molecular weight is 451 g/mol.